The number of sulfonamides is 1. The fourth-order valence-electron chi connectivity index (χ4n) is 2.61. The van der Waals surface area contributed by atoms with E-state index in [2.05, 4.69) is 4.72 Å². The number of carboxylic acid groups (broad SMARTS) is 1. The van der Waals surface area contributed by atoms with E-state index in [4.69, 9.17) is 9.47 Å². The molecule has 1 aliphatic heterocycles. The van der Waals surface area contributed by atoms with Gasteiger partial charge in [-0.25, -0.2) is 12.8 Å². The SMILES string of the molecule is CC(C)C[C@H](NS(=O)(=O)c1ccc(OCC2CCOC2)c(F)c1)C(=O)O. The molecule has 0 saturated carbocycles. The number of rotatable bonds is 9. The standard InChI is InChI=1S/C17H24FNO6S/c1-11(2)7-15(17(20)21)19-26(22,23)13-3-4-16(14(18)8-13)25-10-12-5-6-24-9-12/h3-4,8,11-12,15,19H,5-7,9-10H2,1-2H3,(H,20,21)/t12?,15-/m0/s1. The summed E-state index contributed by atoms with van der Waals surface area (Å²) in [6.07, 6.45) is 0.964. The van der Waals surface area contributed by atoms with E-state index in [0.717, 1.165) is 12.5 Å². The van der Waals surface area contributed by atoms with E-state index in [-0.39, 0.29) is 35.5 Å². The summed E-state index contributed by atoms with van der Waals surface area (Å²) in [7, 11) is -4.17. The number of hydrogen-bond donors (Lipinski definition) is 2. The Morgan fingerprint density at radius 3 is 2.73 bits per heavy atom. The van der Waals surface area contributed by atoms with Crippen molar-refractivity contribution in [3.05, 3.63) is 24.0 Å². The van der Waals surface area contributed by atoms with Gasteiger partial charge in [0, 0.05) is 12.5 Å². The van der Waals surface area contributed by atoms with Gasteiger partial charge in [0.1, 0.15) is 6.04 Å². The van der Waals surface area contributed by atoms with Crippen molar-refractivity contribution in [2.24, 2.45) is 11.8 Å². The van der Waals surface area contributed by atoms with Crippen molar-refractivity contribution >= 4 is 16.0 Å². The third-order valence-electron chi connectivity index (χ3n) is 4.01. The molecule has 1 aromatic carbocycles. The number of nitrogens with one attached hydrogen (secondary N) is 1. The van der Waals surface area contributed by atoms with Gasteiger partial charge in [0.15, 0.2) is 11.6 Å². The zero-order valence-electron chi connectivity index (χ0n) is 14.8. The highest BCUT2D eigenvalue weighted by Gasteiger charge is 2.27. The Hall–Kier alpha value is -1.71. The zero-order chi connectivity index (χ0) is 19.3. The molecule has 1 aromatic rings. The lowest BCUT2D eigenvalue weighted by molar-refractivity contribution is -0.139. The van der Waals surface area contributed by atoms with E-state index in [0.29, 0.717) is 13.2 Å². The van der Waals surface area contributed by atoms with Crippen LogP contribution in [0.5, 0.6) is 5.75 Å². The van der Waals surface area contributed by atoms with Gasteiger partial charge in [-0.15, -0.1) is 0 Å². The third-order valence-corrected chi connectivity index (χ3v) is 5.48. The number of hydrogen-bond acceptors (Lipinski definition) is 5. The van der Waals surface area contributed by atoms with E-state index in [1.54, 1.807) is 13.8 Å². The van der Waals surface area contributed by atoms with Crippen molar-refractivity contribution in [2.45, 2.75) is 37.6 Å². The average molecular weight is 389 g/mol. The Morgan fingerprint density at radius 1 is 1.46 bits per heavy atom. The maximum Gasteiger partial charge on any atom is 0.321 e. The second-order valence-corrected chi connectivity index (χ2v) is 8.49. The number of carboxylic acids is 1. The first kappa shape index (κ1) is 20.6. The van der Waals surface area contributed by atoms with Crippen molar-refractivity contribution in [1.29, 1.82) is 0 Å². The molecule has 1 heterocycles. The molecule has 2 atom stereocenters. The van der Waals surface area contributed by atoms with E-state index >= 15 is 0 Å². The minimum absolute atomic E-state index is 0.0223. The zero-order valence-corrected chi connectivity index (χ0v) is 15.6. The number of carbonyl (C=O) groups is 1. The third kappa shape index (κ3) is 5.65. The van der Waals surface area contributed by atoms with Crippen LogP contribution in [0.15, 0.2) is 23.1 Å². The summed E-state index contributed by atoms with van der Waals surface area (Å²) in [4.78, 5) is 10.9. The molecule has 2 N–H and O–H groups in total. The summed E-state index contributed by atoms with van der Waals surface area (Å²) in [5, 5.41) is 9.17. The van der Waals surface area contributed by atoms with Crippen molar-refractivity contribution in [2.75, 3.05) is 19.8 Å². The first-order chi connectivity index (χ1) is 12.2. The van der Waals surface area contributed by atoms with Crippen LogP contribution in [0.3, 0.4) is 0 Å². The highest BCUT2D eigenvalue weighted by atomic mass is 32.2. The normalized spacial score (nSPS) is 18.8. The average Bonchev–Trinajstić information content (AvgIpc) is 3.05. The van der Waals surface area contributed by atoms with Gasteiger partial charge in [0.05, 0.1) is 18.1 Å². The molecule has 0 spiro atoms. The van der Waals surface area contributed by atoms with Crippen LogP contribution in [-0.2, 0) is 19.6 Å². The van der Waals surface area contributed by atoms with Crippen molar-refractivity contribution in [3.8, 4) is 5.75 Å². The molecular weight excluding hydrogens is 365 g/mol. The molecule has 0 aromatic heterocycles. The maximum absolute atomic E-state index is 14.2. The van der Waals surface area contributed by atoms with E-state index in [9.17, 15) is 22.7 Å². The van der Waals surface area contributed by atoms with Gasteiger partial charge in [-0.1, -0.05) is 13.8 Å². The molecule has 1 fully saturated rings. The first-order valence-electron chi connectivity index (χ1n) is 8.44. The predicted octanol–water partition coefficient (Wildman–Crippen LogP) is 2.02. The van der Waals surface area contributed by atoms with Gasteiger partial charge in [-0.05, 0) is 37.0 Å². The van der Waals surface area contributed by atoms with Crippen LogP contribution < -0.4 is 9.46 Å². The van der Waals surface area contributed by atoms with E-state index < -0.39 is 27.9 Å². The minimum atomic E-state index is -4.17. The molecule has 7 nitrogen and oxygen atoms in total. The van der Waals surface area contributed by atoms with Gasteiger partial charge in [0.25, 0.3) is 0 Å². The largest absolute Gasteiger partial charge is 0.490 e. The number of benzene rings is 1. The van der Waals surface area contributed by atoms with Gasteiger partial charge < -0.3 is 14.6 Å². The lowest BCUT2D eigenvalue weighted by atomic mass is 10.1. The second-order valence-electron chi connectivity index (χ2n) is 6.77. The molecule has 0 bridgehead atoms. The molecule has 1 aliphatic rings. The topological polar surface area (TPSA) is 102 Å². The van der Waals surface area contributed by atoms with Gasteiger partial charge in [-0.3, -0.25) is 4.79 Å². The van der Waals surface area contributed by atoms with Crippen LogP contribution in [0.1, 0.15) is 26.7 Å². The fourth-order valence-corrected chi connectivity index (χ4v) is 3.83. The Morgan fingerprint density at radius 2 is 2.19 bits per heavy atom. The van der Waals surface area contributed by atoms with Crippen LogP contribution in [-0.4, -0.2) is 45.4 Å². The summed E-state index contributed by atoms with van der Waals surface area (Å²) >= 11 is 0. The van der Waals surface area contributed by atoms with Crippen LogP contribution in [0.25, 0.3) is 0 Å². The van der Waals surface area contributed by atoms with Crippen LogP contribution in [0.2, 0.25) is 0 Å². The summed E-state index contributed by atoms with van der Waals surface area (Å²) in [6, 6.07) is 1.98. The summed E-state index contributed by atoms with van der Waals surface area (Å²) in [5.41, 5.74) is 0. The quantitative estimate of drug-likeness (QED) is 0.670. The summed E-state index contributed by atoms with van der Waals surface area (Å²) < 4.78 is 51.6. The smallest absolute Gasteiger partial charge is 0.321 e. The summed E-state index contributed by atoms with van der Waals surface area (Å²) in [5.74, 6) is -1.98. The first-order valence-corrected chi connectivity index (χ1v) is 9.92. The Bertz CT molecular complexity index is 731. The Kier molecular flexibility index (Phi) is 6.96. The number of aliphatic carboxylic acids is 1. The predicted molar refractivity (Wildman–Crippen MR) is 92.0 cm³/mol. The van der Waals surface area contributed by atoms with Crippen LogP contribution >= 0.6 is 0 Å². The molecule has 26 heavy (non-hydrogen) atoms. The van der Waals surface area contributed by atoms with Crippen molar-refractivity contribution in [3.63, 3.8) is 0 Å². The monoisotopic (exact) mass is 389 g/mol. The van der Waals surface area contributed by atoms with Gasteiger partial charge in [0.2, 0.25) is 10.0 Å². The number of ether oxygens (including phenoxy) is 2. The van der Waals surface area contributed by atoms with Gasteiger partial charge >= 0.3 is 5.97 Å². The lowest BCUT2D eigenvalue weighted by Crippen LogP contribution is -2.41. The molecule has 0 aliphatic carbocycles. The van der Waals surface area contributed by atoms with Crippen LogP contribution in [0, 0.1) is 17.7 Å². The molecule has 1 unspecified atom stereocenters. The lowest BCUT2D eigenvalue weighted by Gasteiger charge is -2.17. The Balaban J connectivity index is 2.08. The molecule has 9 heteroatoms. The minimum Gasteiger partial charge on any atom is -0.490 e. The molecule has 0 radical (unpaired) electrons. The van der Waals surface area contributed by atoms with E-state index in [1.165, 1.54) is 12.1 Å². The molecule has 1 saturated heterocycles. The molecule has 2 rings (SSSR count). The van der Waals surface area contributed by atoms with Crippen molar-refractivity contribution in [1.82, 2.24) is 4.72 Å². The number of halogens is 1. The fraction of sp³-hybridized carbons (Fsp3) is 0.588. The molecule has 0 amide bonds. The maximum atomic E-state index is 14.2. The molecule has 146 valence electrons. The van der Waals surface area contributed by atoms with E-state index in [1.807, 2.05) is 0 Å². The second kappa shape index (κ2) is 8.79. The molecular formula is C17H24FNO6S. The highest BCUT2D eigenvalue weighted by molar-refractivity contribution is 7.89. The highest BCUT2D eigenvalue weighted by Crippen LogP contribution is 2.23. The van der Waals surface area contributed by atoms with Gasteiger partial charge in [-0.2, -0.15) is 4.72 Å². The Labute approximate surface area is 152 Å². The van der Waals surface area contributed by atoms with Crippen molar-refractivity contribution < 1.29 is 32.2 Å². The van der Waals surface area contributed by atoms with Crippen LogP contribution in [0.4, 0.5) is 4.39 Å². The summed E-state index contributed by atoms with van der Waals surface area (Å²) in [6.45, 7) is 5.07.